The molecule has 2 aromatic carbocycles. The lowest BCUT2D eigenvalue weighted by Crippen LogP contribution is -2.12. The van der Waals surface area contributed by atoms with Crippen molar-refractivity contribution >= 4 is 28.3 Å². The minimum atomic E-state index is -0.00528. The van der Waals surface area contributed by atoms with Gasteiger partial charge in [0.25, 0.3) is 0 Å². The Morgan fingerprint density at radius 3 is 2.90 bits per heavy atom. The summed E-state index contributed by atoms with van der Waals surface area (Å²) in [6.07, 6.45) is 1.71. The summed E-state index contributed by atoms with van der Waals surface area (Å²) < 4.78 is 5.83. The first-order valence-corrected chi connectivity index (χ1v) is 7.68. The second-order valence-electron chi connectivity index (χ2n) is 5.12. The molecule has 2 aliphatic rings. The molecular weight excluding hydrogens is 282 g/mol. The molecule has 0 amide bonds. The zero-order valence-corrected chi connectivity index (χ0v) is 11.7. The average Bonchev–Trinajstić information content (AvgIpc) is 2.99. The first kappa shape index (κ1) is 11.3. The van der Waals surface area contributed by atoms with Crippen LogP contribution in [0.4, 0.5) is 0 Å². The molecule has 1 aromatic heterocycles. The molecule has 2 heterocycles. The lowest BCUT2D eigenvalue weighted by atomic mass is 9.85. The lowest BCUT2D eigenvalue weighted by molar-refractivity contribution is 0.103. The van der Waals surface area contributed by atoms with Gasteiger partial charge >= 0.3 is 0 Å². The van der Waals surface area contributed by atoms with Crippen LogP contribution in [-0.2, 0) is 0 Å². The monoisotopic (exact) mass is 291 g/mol. The van der Waals surface area contributed by atoms with Crippen molar-refractivity contribution in [1.82, 2.24) is 4.98 Å². The Hall–Kier alpha value is -2.33. The van der Waals surface area contributed by atoms with Crippen LogP contribution in [0.2, 0.25) is 0 Å². The Bertz CT molecular complexity index is 949. The number of rotatable bonds is 0. The standard InChI is InChI=1S/C17H9NO2S/c19-16-11-4-2-1-3-10(11)14-13-9(5-6-18-15(13)16)7-12-17(14)20-8-21-12/h1-7H,8H2. The summed E-state index contributed by atoms with van der Waals surface area (Å²) in [4.78, 5) is 18.2. The molecule has 0 fully saturated rings. The van der Waals surface area contributed by atoms with Crippen LogP contribution < -0.4 is 4.74 Å². The number of ketones is 1. The van der Waals surface area contributed by atoms with Crippen LogP contribution >= 0.6 is 11.8 Å². The normalized spacial score (nSPS) is 14.8. The van der Waals surface area contributed by atoms with Gasteiger partial charge in [0, 0.05) is 22.7 Å². The maximum atomic E-state index is 12.7. The number of benzene rings is 2. The highest BCUT2D eigenvalue weighted by atomic mass is 32.2. The highest BCUT2D eigenvalue weighted by Gasteiger charge is 2.31. The molecule has 0 unspecified atom stereocenters. The van der Waals surface area contributed by atoms with Crippen molar-refractivity contribution in [2.45, 2.75) is 4.90 Å². The maximum Gasteiger partial charge on any atom is 0.212 e. The second kappa shape index (κ2) is 3.86. The van der Waals surface area contributed by atoms with E-state index in [1.165, 1.54) is 0 Å². The predicted molar refractivity (Wildman–Crippen MR) is 82.0 cm³/mol. The maximum absolute atomic E-state index is 12.7. The third kappa shape index (κ3) is 1.35. The fraction of sp³-hybridized carbons (Fsp3) is 0.0588. The van der Waals surface area contributed by atoms with E-state index in [0.717, 1.165) is 32.5 Å². The van der Waals surface area contributed by atoms with Crippen molar-refractivity contribution in [3.05, 3.63) is 53.9 Å². The molecule has 0 spiro atoms. The number of ether oxygens (including phenoxy) is 1. The van der Waals surface area contributed by atoms with Gasteiger partial charge in [-0.1, -0.05) is 36.0 Å². The minimum Gasteiger partial charge on any atom is -0.481 e. The van der Waals surface area contributed by atoms with Crippen molar-refractivity contribution in [3.8, 4) is 16.9 Å². The molecular formula is C17H9NO2S. The second-order valence-corrected chi connectivity index (χ2v) is 6.08. The Balaban J connectivity index is 2.07. The third-order valence-corrected chi connectivity index (χ3v) is 4.89. The molecule has 21 heavy (non-hydrogen) atoms. The van der Waals surface area contributed by atoms with Gasteiger partial charge in [-0.3, -0.25) is 9.78 Å². The van der Waals surface area contributed by atoms with E-state index in [2.05, 4.69) is 11.1 Å². The molecule has 0 saturated heterocycles. The Morgan fingerprint density at radius 2 is 2.00 bits per heavy atom. The highest BCUT2D eigenvalue weighted by Crippen LogP contribution is 2.50. The average molecular weight is 291 g/mol. The van der Waals surface area contributed by atoms with Gasteiger partial charge in [0.05, 0.1) is 4.90 Å². The van der Waals surface area contributed by atoms with E-state index in [0.29, 0.717) is 17.2 Å². The number of carbonyl (C=O) groups excluding carboxylic acids is 1. The lowest BCUT2D eigenvalue weighted by Gasteiger charge is -2.20. The molecule has 0 saturated carbocycles. The number of aromatic nitrogens is 1. The predicted octanol–water partition coefficient (Wildman–Crippen LogP) is 3.89. The number of hydrogen-bond acceptors (Lipinski definition) is 4. The van der Waals surface area contributed by atoms with Crippen molar-refractivity contribution in [2.75, 3.05) is 5.94 Å². The fourth-order valence-electron chi connectivity index (χ4n) is 3.16. The number of nitrogens with zero attached hydrogens (tertiary/aromatic N) is 1. The zero-order chi connectivity index (χ0) is 14.0. The number of hydrogen-bond donors (Lipinski definition) is 0. The smallest absolute Gasteiger partial charge is 0.212 e. The molecule has 3 nitrogen and oxygen atoms in total. The molecule has 3 aromatic rings. The molecule has 0 bridgehead atoms. The Labute approximate surface area is 125 Å². The molecule has 1 aliphatic carbocycles. The SMILES string of the molecule is O=C1c2ccccc2-c2c3c(cc4ccnc1c24)SCO3. The summed E-state index contributed by atoms with van der Waals surface area (Å²) in [7, 11) is 0. The van der Waals surface area contributed by atoms with Gasteiger partial charge in [0.2, 0.25) is 5.78 Å². The van der Waals surface area contributed by atoms with Gasteiger partial charge in [0.15, 0.2) is 0 Å². The van der Waals surface area contributed by atoms with Crippen LogP contribution in [0.3, 0.4) is 0 Å². The van der Waals surface area contributed by atoms with Gasteiger partial charge in [-0.05, 0) is 23.1 Å². The minimum absolute atomic E-state index is 0.00528. The van der Waals surface area contributed by atoms with Crippen molar-refractivity contribution < 1.29 is 9.53 Å². The van der Waals surface area contributed by atoms with Crippen LogP contribution in [0.5, 0.6) is 5.75 Å². The molecule has 100 valence electrons. The Kier molecular flexibility index (Phi) is 2.08. The van der Waals surface area contributed by atoms with E-state index in [4.69, 9.17) is 4.74 Å². The summed E-state index contributed by atoms with van der Waals surface area (Å²) in [5, 5.41) is 1.97. The van der Waals surface area contributed by atoms with Gasteiger partial charge in [0.1, 0.15) is 17.4 Å². The topological polar surface area (TPSA) is 39.2 Å². The Morgan fingerprint density at radius 1 is 1.14 bits per heavy atom. The van der Waals surface area contributed by atoms with E-state index < -0.39 is 0 Å². The van der Waals surface area contributed by atoms with Crippen LogP contribution in [0.25, 0.3) is 21.9 Å². The van der Waals surface area contributed by atoms with Crippen molar-refractivity contribution in [2.24, 2.45) is 0 Å². The summed E-state index contributed by atoms with van der Waals surface area (Å²) in [5.41, 5.74) is 3.21. The van der Waals surface area contributed by atoms with Gasteiger partial charge in [-0.25, -0.2) is 0 Å². The highest BCUT2D eigenvalue weighted by molar-refractivity contribution is 7.99. The van der Waals surface area contributed by atoms with Gasteiger partial charge < -0.3 is 4.74 Å². The summed E-state index contributed by atoms with van der Waals surface area (Å²) in [5.74, 6) is 1.51. The van der Waals surface area contributed by atoms with Crippen molar-refractivity contribution in [1.29, 1.82) is 0 Å². The van der Waals surface area contributed by atoms with E-state index >= 15 is 0 Å². The summed E-state index contributed by atoms with van der Waals surface area (Å²) >= 11 is 1.69. The number of thioether (sulfide) groups is 1. The van der Waals surface area contributed by atoms with Crippen molar-refractivity contribution in [3.63, 3.8) is 0 Å². The number of carbonyl (C=O) groups is 1. The number of pyridine rings is 1. The fourth-order valence-corrected chi connectivity index (χ4v) is 3.97. The summed E-state index contributed by atoms with van der Waals surface area (Å²) in [6, 6.07) is 11.8. The third-order valence-electron chi connectivity index (χ3n) is 4.04. The van der Waals surface area contributed by atoms with Crippen LogP contribution in [0.15, 0.2) is 47.5 Å². The quantitative estimate of drug-likeness (QED) is 0.493. The first-order valence-electron chi connectivity index (χ1n) is 6.70. The van der Waals surface area contributed by atoms with E-state index in [1.807, 2.05) is 30.3 Å². The van der Waals surface area contributed by atoms with E-state index in [1.54, 1.807) is 18.0 Å². The van der Waals surface area contributed by atoms with E-state index in [-0.39, 0.29) is 5.78 Å². The molecule has 0 radical (unpaired) electrons. The first-order chi connectivity index (χ1) is 10.3. The van der Waals surface area contributed by atoms with Crippen LogP contribution in [0.1, 0.15) is 16.1 Å². The molecule has 1 aliphatic heterocycles. The van der Waals surface area contributed by atoms with Crippen LogP contribution in [0, 0.1) is 0 Å². The van der Waals surface area contributed by atoms with E-state index in [9.17, 15) is 4.79 Å². The van der Waals surface area contributed by atoms with Crippen LogP contribution in [-0.4, -0.2) is 16.7 Å². The molecule has 0 atom stereocenters. The van der Waals surface area contributed by atoms with Gasteiger partial charge in [-0.2, -0.15) is 0 Å². The zero-order valence-electron chi connectivity index (χ0n) is 10.9. The molecule has 0 N–H and O–H groups in total. The summed E-state index contributed by atoms with van der Waals surface area (Å²) in [6.45, 7) is 0. The van der Waals surface area contributed by atoms with Gasteiger partial charge in [-0.15, -0.1) is 0 Å². The largest absolute Gasteiger partial charge is 0.481 e. The molecule has 5 rings (SSSR count). The number of fused-ring (bicyclic) bond motifs is 4. The molecule has 4 heteroatoms.